The molecule has 1 heterocycles. The van der Waals surface area contributed by atoms with Gasteiger partial charge in [-0.25, -0.2) is 0 Å². The van der Waals surface area contributed by atoms with Gasteiger partial charge in [-0.05, 0) is 85.3 Å². The molecule has 0 N–H and O–H groups in total. The van der Waals surface area contributed by atoms with E-state index in [9.17, 15) is 4.79 Å². The normalized spacial score (nSPS) is 38.7. The molecule has 1 aliphatic heterocycles. The highest BCUT2D eigenvalue weighted by Gasteiger charge is 2.63. The molecule has 1 spiro atoms. The van der Waals surface area contributed by atoms with Gasteiger partial charge in [-0.3, -0.25) is 4.79 Å². The third kappa shape index (κ3) is 2.72. The zero-order valence-corrected chi connectivity index (χ0v) is 18.7. The zero-order chi connectivity index (χ0) is 21.2. The number of ketones is 1. The van der Waals surface area contributed by atoms with E-state index >= 15 is 0 Å². The third-order valence-corrected chi connectivity index (χ3v) is 9.26. The maximum Gasteiger partial charge on any atom is 0.156 e. The lowest BCUT2D eigenvalue weighted by Crippen LogP contribution is -2.51. The summed E-state index contributed by atoms with van der Waals surface area (Å²) in [5.41, 5.74) is 5.92. The molecular weight excluding hydrogens is 384 g/mol. The molecule has 0 radical (unpaired) electrons. The van der Waals surface area contributed by atoms with Gasteiger partial charge in [0.25, 0.3) is 0 Å². The van der Waals surface area contributed by atoms with E-state index in [0.29, 0.717) is 30.0 Å². The van der Waals surface area contributed by atoms with Gasteiger partial charge in [0.1, 0.15) is 5.75 Å². The maximum atomic E-state index is 12.2. The van der Waals surface area contributed by atoms with Crippen LogP contribution in [0.5, 0.6) is 5.75 Å². The number of benzene rings is 1. The predicted molar refractivity (Wildman–Crippen MR) is 121 cm³/mol. The van der Waals surface area contributed by atoms with Crippen molar-refractivity contribution in [2.24, 2.45) is 17.3 Å². The van der Waals surface area contributed by atoms with Crippen LogP contribution < -0.4 is 4.74 Å². The van der Waals surface area contributed by atoms with E-state index in [-0.39, 0.29) is 11.0 Å². The lowest BCUT2D eigenvalue weighted by Gasteiger charge is -2.54. The van der Waals surface area contributed by atoms with Crippen LogP contribution >= 0.6 is 0 Å². The van der Waals surface area contributed by atoms with E-state index in [4.69, 9.17) is 9.47 Å². The monoisotopic (exact) mass is 416 g/mol. The van der Waals surface area contributed by atoms with Crippen molar-refractivity contribution in [1.82, 2.24) is 0 Å². The first-order valence-electron chi connectivity index (χ1n) is 12.0. The minimum absolute atomic E-state index is 0.1000. The zero-order valence-electron chi connectivity index (χ0n) is 18.7. The summed E-state index contributed by atoms with van der Waals surface area (Å²) in [6.07, 6.45) is 13.9. The molecule has 1 aromatic carbocycles. The SMILES string of the molecule is COc1ccc([C@H]2C[C@@]3(C)[C@@H](CC[C@@]34C=CCO4)[C@@H]3CCC4=CC(=O)CCC4=C32)cc1. The largest absolute Gasteiger partial charge is 0.497 e. The minimum atomic E-state index is -0.1000. The van der Waals surface area contributed by atoms with Crippen molar-refractivity contribution < 1.29 is 14.3 Å². The Balaban J connectivity index is 1.51. The van der Waals surface area contributed by atoms with Gasteiger partial charge in [0.2, 0.25) is 0 Å². The predicted octanol–water partition coefficient (Wildman–Crippen LogP) is 5.92. The Morgan fingerprint density at radius 1 is 1.10 bits per heavy atom. The first kappa shape index (κ1) is 19.5. The molecule has 5 atom stereocenters. The summed E-state index contributed by atoms with van der Waals surface area (Å²) in [5.74, 6) is 2.86. The van der Waals surface area contributed by atoms with Crippen molar-refractivity contribution in [3.8, 4) is 5.75 Å². The van der Waals surface area contributed by atoms with E-state index in [2.05, 4.69) is 43.3 Å². The third-order valence-electron chi connectivity index (χ3n) is 9.26. The quantitative estimate of drug-likeness (QED) is 0.562. The number of methoxy groups -OCH3 is 1. The number of hydrogen-bond donors (Lipinski definition) is 0. The molecule has 0 unspecified atom stereocenters. The first-order valence-corrected chi connectivity index (χ1v) is 12.0. The van der Waals surface area contributed by atoms with E-state index in [0.717, 1.165) is 38.0 Å². The molecule has 162 valence electrons. The molecule has 6 rings (SSSR count). The Labute approximate surface area is 185 Å². The van der Waals surface area contributed by atoms with Gasteiger partial charge < -0.3 is 9.47 Å². The Kier molecular flexibility index (Phi) is 4.37. The molecule has 31 heavy (non-hydrogen) atoms. The average Bonchev–Trinajstić information content (AvgIpc) is 3.39. The number of fused-ring (bicyclic) bond motifs is 5. The number of hydrogen-bond acceptors (Lipinski definition) is 3. The summed E-state index contributed by atoms with van der Waals surface area (Å²) < 4.78 is 11.9. The van der Waals surface area contributed by atoms with E-state index < -0.39 is 0 Å². The molecule has 0 bridgehead atoms. The van der Waals surface area contributed by atoms with Crippen molar-refractivity contribution in [1.29, 1.82) is 0 Å². The summed E-state index contributed by atoms with van der Waals surface area (Å²) in [5, 5.41) is 0. The lowest BCUT2D eigenvalue weighted by atomic mass is 9.51. The van der Waals surface area contributed by atoms with Crippen molar-refractivity contribution in [3.05, 3.63) is 64.8 Å². The Bertz CT molecular complexity index is 1010. The number of ether oxygens (including phenoxy) is 2. The molecule has 2 saturated carbocycles. The number of carbonyl (C=O) groups is 1. The van der Waals surface area contributed by atoms with Gasteiger partial charge in [-0.15, -0.1) is 0 Å². The van der Waals surface area contributed by atoms with Crippen molar-refractivity contribution in [2.45, 2.75) is 63.4 Å². The van der Waals surface area contributed by atoms with Crippen molar-refractivity contribution >= 4 is 5.78 Å². The Morgan fingerprint density at radius 2 is 1.94 bits per heavy atom. The maximum absolute atomic E-state index is 12.2. The van der Waals surface area contributed by atoms with Gasteiger partial charge in [0.05, 0.1) is 19.3 Å². The molecule has 3 heteroatoms. The fourth-order valence-electron chi connectivity index (χ4n) is 7.81. The Hall–Kier alpha value is -2.13. The second-order valence-electron chi connectivity index (χ2n) is 10.4. The molecule has 2 fully saturated rings. The lowest BCUT2D eigenvalue weighted by molar-refractivity contribution is -0.114. The second kappa shape index (κ2) is 6.93. The van der Waals surface area contributed by atoms with E-state index in [1.54, 1.807) is 12.7 Å². The van der Waals surface area contributed by atoms with E-state index in [1.807, 2.05) is 6.08 Å². The molecule has 3 nitrogen and oxygen atoms in total. The molecule has 0 saturated heterocycles. The fourth-order valence-corrected chi connectivity index (χ4v) is 7.81. The molecular formula is C28H32O3. The van der Waals surface area contributed by atoms with E-state index in [1.165, 1.54) is 29.6 Å². The van der Waals surface area contributed by atoms with Crippen LogP contribution in [0.25, 0.3) is 0 Å². The highest BCUT2D eigenvalue weighted by Crippen LogP contribution is 2.68. The second-order valence-corrected chi connectivity index (χ2v) is 10.4. The Morgan fingerprint density at radius 3 is 2.68 bits per heavy atom. The van der Waals surface area contributed by atoms with Crippen LogP contribution in [-0.4, -0.2) is 25.1 Å². The minimum Gasteiger partial charge on any atom is -0.497 e. The number of carbonyl (C=O) groups excluding carboxylic acids is 1. The van der Waals surface area contributed by atoms with Crippen molar-refractivity contribution in [3.63, 3.8) is 0 Å². The molecule has 0 aromatic heterocycles. The fraction of sp³-hybridized carbons (Fsp3) is 0.536. The summed E-state index contributed by atoms with van der Waals surface area (Å²) in [6.45, 7) is 3.26. The van der Waals surface area contributed by atoms with Crippen LogP contribution in [0, 0.1) is 17.3 Å². The van der Waals surface area contributed by atoms with Gasteiger partial charge in [-0.2, -0.15) is 0 Å². The number of allylic oxidation sites excluding steroid dienone is 4. The molecule has 5 aliphatic rings. The van der Waals surface area contributed by atoms with Crippen molar-refractivity contribution in [2.75, 3.05) is 13.7 Å². The summed E-state index contributed by atoms with van der Waals surface area (Å²) in [4.78, 5) is 12.2. The van der Waals surface area contributed by atoms with Crippen LogP contribution in [0.15, 0.2) is 59.2 Å². The highest BCUT2D eigenvalue weighted by atomic mass is 16.5. The summed E-state index contributed by atoms with van der Waals surface area (Å²) in [6, 6.07) is 8.72. The van der Waals surface area contributed by atoms with Gasteiger partial charge >= 0.3 is 0 Å². The van der Waals surface area contributed by atoms with Gasteiger partial charge in [-0.1, -0.05) is 36.8 Å². The van der Waals surface area contributed by atoms with Crippen LogP contribution in [0.3, 0.4) is 0 Å². The summed E-state index contributed by atoms with van der Waals surface area (Å²) in [7, 11) is 1.73. The molecule has 1 aromatic rings. The van der Waals surface area contributed by atoms with Crippen LogP contribution in [-0.2, 0) is 9.53 Å². The topological polar surface area (TPSA) is 35.5 Å². The van der Waals surface area contributed by atoms with Gasteiger partial charge in [0.15, 0.2) is 5.78 Å². The standard InChI is InChI=1S/C28H32O3/c1-27-17-24(18-4-8-21(30-2)9-5-18)26-22-11-7-20(29)16-19(22)6-10-23(26)25(27)12-14-28(27)13-3-15-31-28/h3-5,8-9,13,16,23-25H,6-7,10-12,14-15,17H2,1-2H3/t23-,24+,25-,27-,28-/m0/s1. The van der Waals surface area contributed by atoms with Crippen LogP contribution in [0.1, 0.15) is 63.4 Å². The smallest absolute Gasteiger partial charge is 0.156 e. The molecule has 4 aliphatic carbocycles. The van der Waals surface area contributed by atoms with Gasteiger partial charge in [0, 0.05) is 17.8 Å². The first-order chi connectivity index (χ1) is 15.0. The average molecular weight is 417 g/mol. The molecule has 0 amide bonds. The van der Waals surface area contributed by atoms with Crippen LogP contribution in [0.2, 0.25) is 0 Å². The van der Waals surface area contributed by atoms with Crippen LogP contribution in [0.4, 0.5) is 0 Å². The summed E-state index contributed by atoms with van der Waals surface area (Å²) >= 11 is 0. The number of rotatable bonds is 2. The highest BCUT2D eigenvalue weighted by molar-refractivity contribution is 5.93.